The van der Waals surface area contributed by atoms with Crippen LogP contribution in [0.3, 0.4) is 0 Å². The Morgan fingerprint density at radius 1 is 0.963 bits per heavy atom. The summed E-state index contributed by atoms with van der Waals surface area (Å²) in [6, 6.07) is 17.6. The first-order valence-corrected chi connectivity index (χ1v) is 9.71. The van der Waals surface area contributed by atoms with Gasteiger partial charge in [0.25, 0.3) is 0 Å². The first kappa shape index (κ1) is 17.8. The van der Waals surface area contributed by atoms with E-state index in [4.69, 9.17) is 16.0 Å². The zero-order valence-corrected chi connectivity index (χ0v) is 16.1. The maximum absolute atomic E-state index is 6.19. The number of thioether (sulfide) groups is 1. The summed E-state index contributed by atoms with van der Waals surface area (Å²) in [5.41, 5.74) is 1.92. The van der Waals surface area contributed by atoms with Crippen LogP contribution in [0, 0.1) is 6.92 Å². The van der Waals surface area contributed by atoms with Gasteiger partial charge in [0.2, 0.25) is 11.8 Å². The molecule has 0 aliphatic carbocycles. The molecule has 0 aliphatic rings. The lowest BCUT2D eigenvalue weighted by molar-refractivity contribution is 0.528. The van der Waals surface area contributed by atoms with E-state index in [0.717, 1.165) is 23.1 Å². The second-order valence-electron chi connectivity index (χ2n) is 5.87. The van der Waals surface area contributed by atoms with Crippen LogP contribution in [0.4, 0.5) is 0 Å². The van der Waals surface area contributed by atoms with Crippen molar-refractivity contribution in [1.82, 2.24) is 25.0 Å². The molecule has 0 radical (unpaired) electrons. The van der Waals surface area contributed by atoms with Crippen molar-refractivity contribution in [3.63, 3.8) is 0 Å². The van der Waals surface area contributed by atoms with Crippen LogP contribution in [0.5, 0.6) is 0 Å². The van der Waals surface area contributed by atoms with Crippen molar-refractivity contribution in [2.24, 2.45) is 0 Å². The summed E-state index contributed by atoms with van der Waals surface area (Å²) in [5, 5.41) is 18.1. The molecule has 0 aliphatic heterocycles. The van der Waals surface area contributed by atoms with E-state index < -0.39 is 0 Å². The lowest BCUT2D eigenvalue weighted by Crippen LogP contribution is -2.03. The van der Waals surface area contributed by atoms with Crippen molar-refractivity contribution >= 4 is 23.4 Å². The SMILES string of the molecule is Cc1nnc(SCc2nnc(-c3ccccc3Cl)o2)n1Cc1ccccc1. The highest BCUT2D eigenvalue weighted by Crippen LogP contribution is 2.28. The fourth-order valence-electron chi connectivity index (χ4n) is 2.60. The van der Waals surface area contributed by atoms with Crippen LogP contribution in [0.2, 0.25) is 5.02 Å². The number of nitrogens with zero attached hydrogens (tertiary/aromatic N) is 5. The van der Waals surface area contributed by atoms with Crippen molar-refractivity contribution in [3.8, 4) is 11.5 Å². The maximum Gasteiger partial charge on any atom is 0.249 e. The summed E-state index contributed by atoms with van der Waals surface area (Å²) in [6.07, 6.45) is 0. The van der Waals surface area contributed by atoms with Gasteiger partial charge in [-0.15, -0.1) is 20.4 Å². The van der Waals surface area contributed by atoms with E-state index in [1.807, 2.05) is 43.3 Å². The minimum Gasteiger partial charge on any atom is -0.420 e. The number of aryl methyl sites for hydroxylation is 1. The predicted molar refractivity (Wildman–Crippen MR) is 105 cm³/mol. The summed E-state index contributed by atoms with van der Waals surface area (Å²) in [4.78, 5) is 0. The van der Waals surface area contributed by atoms with Gasteiger partial charge in [-0.25, -0.2) is 0 Å². The summed E-state index contributed by atoms with van der Waals surface area (Å²) >= 11 is 7.70. The van der Waals surface area contributed by atoms with Crippen molar-refractivity contribution in [1.29, 1.82) is 0 Å². The second kappa shape index (κ2) is 7.94. The standard InChI is InChI=1S/C19H16ClN5OS/c1-13-21-24-19(25(13)11-14-7-3-2-4-8-14)27-12-17-22-23-18(26-17)15-9-5-6-10-16(15)20/h2-10H,11-12H2,1H3. The molecule has 0 N–H and O–H groups in total. The number of hydrogen-bond acceptors (Lipinski definition) is 6. The van der Waals surface area contributed by atoms with Gasteiger partial charge in [-0.2, -0.15) is 0 Å². The van der Waals surface area contributed by atoms with Crippen LogP contribution in [-0.4, -0.2) is 25.0 Å². The van der Waals surface area contributed by atoms with Crippen molar-refractivity contribution in [2.45, 2.75) is 24.4 Å². The second-order valence-corrected chi connectivity index (χ2v) is 7.22. The van der Waals surface area contributed by atoms with Crippen LogP contribution in [0.15, 0.2) is 64.2 Å². The van der Waals surface area contributed by atoms with Gasteiger partial charge in [0.15, 0.2) is 5.16 Å². The van der Waals surface area contributed by atoms with Crippen molar-refractivity contribution in [2.75, 3.05) is 0 Å². The van der Waals surface area contributed by atoms with Gasteiger partial charge in [-0.1, -0.05) is 65.8 Å². The molecule has 0 fully saturated rings. The van der Waals surface area contributed by atoms with Crippen LogP contribution in [-0.2, 0) is 12.3 Å². The number of rotatable bonds is 6. The fraction of sp³-hybridized carbons (Fsp3) is 0.158. The minimum atomic E-state index is 0.415. The van der Waals surface area contributed by atoms with Gasteiger partial charge >= 0.3 is 0 Å². The Kier molecular flexibility index (Phi) is 5.22. The highest BCUT2D eigenvalue weighted by atomic mass is 35.5. The quantitative estimate of drug-likeness (QED) is 0.442. The van der Waals surface area contributed by atoms with Gasteiger partial charge in [0, 0.05) is 0 Å². The van der Waals surface area contributed by atoms with Crippen LogP contribution >= 0.6 is 23.4 Å². The van der Waals surface area contributed by atoms with Gasteiger partial charge < -0.3 is 8.98 Å². The Morgan fingerprint density at radius 3 is 2.56 bits per heavy atom. The summed E-state index contributed by atoms with van der Waals surface area (Å²) in [7, 11) is 0. The molecule has 0 bridgehead atoms. The molecule has 8 heteroatoms. The lowest BCUT2D eigenvalue weighted by atomic mass is 10.2. The van der Waals surface area contributed by atoms with Crippen LogP contribution < -0.4 is 0 Å². The Morgan fingerprint density at radius 2 is 1.74 bits per heavy atom. The summed E-state index contributed by atoms with van der Waals surface area (Å²) in [6.45, 7) is 2.67. The molecule has 2 aromatic heterocycles. The van der Waals surface area contributed by atoms with E-state index in [0.29, 0.717) is 22.6 Å². The number of aromatic nitrogens is 5. The molecule has 4 rings (SSSR count). The molecule has 0 saturated carbocycles. The van der Waals surface area contributed by atoms with Crippen molar-refractivity contribution < 1.29 is 4.42 Å². The van der Waals surface area contributed by atoms with Gasteiger partial charge in [0.05, 0.1) is 22.9 Å². The molecule has 0 saturated heterocycles. The number of halogens is 1. The molecule has 2 aromatic carbocycles. The largest absolute Gasteiger partial charge is 0.420 e. The van der Waals surface area contributed by atoms with Gasteiger partial charge in [-0.3, -0.25) is 0 Å². The van der Waals surface area contributed by atoms with E-state index >= 15 is 0 Å². The molecule has 0 unspecified atom stereocenters. The molecule has 0 spiro atoms. The topological polar surface area (TPSA) is 69.6 Å². The average Bonchev–Trinajstić information content (AvgIpc) is 3.29. The van der Waals surface area contributed by atoms with E-state index in [2.05, 4.69) is 37.1 Å². The van der Waals surface area contributed by atoms with Crippen LogP contribution in [0.1, 0.15) is 17.3 Å². The van der Waals surface area contributed by atoms with E-state index in [-0.39, 0.29) is 0 Å². The third-order valence-corrected chi connectivity index (χ3v) is 5.26. The predicted octanol–water partition coefficient (Wildman–Crippen LogP) is 4.63. The van der Waals surface area contributed by atoms with E-state index in [9.17, 15) is 0 Å². The highest BCUT2D eigenvalue weighted by Gasteiger charge is 2.14. The summed E-state index contributed by atoms with van der Waals surface area (Å²) in [5.74, 6) is 2.30. The Hall–Kier alpha value is -2.64. The van der Waals surface area contributed by atoms with Crippen LogP contribution in [0.25, 0.3) is 11.5 Å². The zero-order chi connectivity index (χ0) is 18.6. The molecule has 136 valence electrons. The molecule has 0 atom stereocenters. The number of hydrogen-bond donors (Lipinski definition) is 0. The first-order chi connectivity index (χ1) is 13.2. The number of benzene rings is 2. The molecule has 4 aromatic rings. The normalized spacial score (nSPS) is 11.0. The van der Waals surface area contributed by atoms with E-state index in [1.54, 1.807) is 6.07 Å². The third kappa shape index (κ3) is 4.04. The summed E-state index contributed by atoms with van der Waals surface area (Å²) < 4.78 is 7.83. The van der Waals surface area contributed by atoms with Gasteiger partial charge in [-0.05, 0) is 24.6 Å². The fourth-order valence-corrected chi connectivity index (χ4v) is 3.63. The molecule has 27 heavy (non-hydrogen) atoms. The molecule has 6 nitrogen and oxygen atoms in total. The Bertz CT molecular complexity index is 1050. The lowest BCUT2D eigenvalue weighted by Gasteiger charge is -2.07. The molecule has 2 heterocycles. The van der Waals surface area contributed by atoms with E-state index in [1.165, 1.54) is 17.3 Å². The third-order valence-electron chi connectivity index (χ3n) is 3.98. The minimum absolute atomic E-state index is 0.415. The van der Waals surface area contributed by atoms with Gasteiger partial charge in [0.1, 0.15) is 5.82 Å². The monoisotopic (exact) mass is 397 g/mol. The zero-order valence-electron chi connectivity index (χ0n) is 14.5. The molecule has 0 amide bonds. The smallest absolute Gasteiger partial charge is 0.249 e. The maximum atomic E-state index is 6.19. The highest BCUT2D eigenvalue weighted by molar-refractivity contribution is 7.98. The Balaban J connectivity index is 1.48. The van der Waals surface area contributed by atoms with Crippen molar-refractivity contribution in [3.05, 3.63) is 76.9 Å². The Labute approximate surface area is 165 Å². The molecular weight excluding hydrogens is 382 g/mol. The first-order valence-electron chi connectivity index (χ1n) is 8.34. The average molecular weight is 398 g/mol. The molecular formula is C19H16ClN5OS.